The average Bonchev–Trinajstić information content (AvgIpc) is 2.59. The molecule has 0 saturated carbocycles. The number of hydrogen-bond donors (Lipinski definition) is 3. The summed E-state index contributed by atoms with van der Waals surface area (Å²) in [6.07, 6.45) is 1.88. The van der Waals surface area contributed by atoms with E-state index >= 15 is 0 Å². The van der Waals surface area contributed by atoms with Crippen molar-refractivity contribution in [2.75, 3.05) is 5.32 Å². The second-order valence-corrected chi connectivity index (χ2v) is 3.64. The van der Waals surface area contributed by atoms with Gasteiger partial charge in [-0.05, 0) is 31.5 Å². The van der Waals surface area contributed by atoms with Crippen LogP contribution in [0.4, 0.5) is 11.4 Å². The lowest BCUT2D eigenvalue weighted by Gasteiger charge is -2.07. The van der Waals surface area contributed by atoms with Gasteiger partial charge in [-0.2, -0.15) is 0 Å². The van der Waals surface area contributed by atoms with Crippen molar-refractivity contribution in [2.24, 2.45) is 0 Å². The number of phenols is 1. The number of rotatable bonds is 2. The summed E-state index contributed by atoms with van der Waals surface area (Å²) in [4.78, 5) is 3.09. The zero-order chi connectivity index (χ0) is 10.8. The molecule has 0 radical (unpaired) electrons. The Kier molecular flexibility index (Phi) is 2.37. The Labute approximate surface area is 88.8 Å². The van der Waals surface area contributed by atoms with Gasteiger partial charge in [0, 0.05) is 23.6 Å². The molecule has 0 bridgehead atoms. The van der Waals surface area contributed by atoms with Gasteiger partial charge in [0.2, 0.25) is 0 Å². The lowest BCUT2D eigenvalue weighted by Crippen LogP contribution is -1.90. The van der Waals surface area contributed by atoms with Crippen LogP contribution in [0, 0.1) is 13.8 Å². The lowest BCUT2D eigenvalue weighted by molar-refractivity contribution is 0.471. The van der Waals surface area contributed by atoms with Crippen molar-refractivity contribution >= 4 is 11.4 Å². The number of hydrogen-bond acceptors (Lipinski definition) is 2. The molecule has 0 aliphatic heterocycles. The molecule has 15 heavy (non-hydrogen) atoms. The third kappa shape index (κ3) is 1.96. The van der Waals surface area contributed by atoms with Crippen molar-refractivity contribution in [2.45, 2.75) is 13.8 Å². The van der Waals surface area contributed by atoms with Crippen LogP contribution in [0.3, 0.4) is 0 Å². The van der Waals surface area contributed by atoms with Crippen LogP contribution < -0.4 is 5.32 Å². The van der Waals surface area contributed by atoms with E-state index in [9.17, 15) is 5.11 Å². The molecule has 3 nitrogen and oxygen atoms in total. The van der Waals surface area contributed by atoms with Gasteiger partial charge in [0.25, 0.3) is 0 Å². The molecule has 0 aliphatic carbocycles. The molecule has 0 unspecified atom stereocenters. The van der Waals surface area contributed by atoms with Crippen LogP contribution in [0.1, 0.15) is 11.3 Å². The molecule has 1 aromatic carbocycles. The molecule has 0 aliphatic rings. The number of aromatic nitrogens is 1. The van der Waals surface area contributed by atoms with Gasteiger partial charge in [0.1, 0.15) is 5.75 Å². The summed E-state index contributed by atoms with van der Waals surface area (Å²) in [5, 5.41) is 12.8. The molecule has 0 spiro atoms. The van der Waals surface area contributed by atoms with E-state index in [4.69, 9.17) is 0 Å². The minimum Gasteiger partial charge on any atom is -0.508 e. The number of phenolic OH excluding ortho intramolecular Hbond substituents is 1. The first kappa shape index (κ1) is 9.65. The van der Waals surface area contributed by atoms with E-state index in [2.05, 4.69) is 10.3 Å². The van der Waals surface area contributed by atoms with Gasteiger partial charge in [-0.1, -0.05) is 6.07 Å². The summed E-state index contributed by atoms with van der Waals surface area (Å²) >= 11 is 0. The monoisotopic (exact) mass is 202 g/mol. The third-order valence-electron chi connectivity index (χ3n) is 2.44. The molecule has 0 atom stereocenters. The molecule has 0 saturated heterocycles. The second-order valence-electron chi connectivity index (χ2n) is 3.64. The quantitative estimate of drug-likeness (QED) is 0.700. The Morgan fingerprint density at radius 3 is 2.60 bits per heavy atom. The van der Waals surface area contributed by atoms with Crippen LogP contribution in [0.5, 0.6) is 5.75 Å². The molecule has 3 heteroatoms. The first-order chi connectivity index (χ1) is 7.16. The molecule has 78 valence electrons. The van der Waals surface area contributed by atoms with Crippen molar-refractivity contribution in [1.29, 1.82) is 0 Å². The molecule has 0 amide bonds. The number of aromatic hydroxyl groups is 1. The molecular weight excluding hydrogens is 188 g/mol. The normalized spacial score (nSPS) is 10.3. The summed E-state index contributed by atoms with van der Waals surface area (Å²) in [6, 6.07) is 7.52. The van der Waals surface area contributed by atoms with Crippen LogP contribution in [0.15, 0.2) is 30.5 Å². The van der Waals surface area contributed by atoms with Crippen molar-refractivity contribution in [3.05, 3.63) is 41.7 Å². The van der Waals surface area contributed by atoms with E-state index in [1.807, 2.05) is 38.2 Å². The van der Waals surface area contributed by atoms with Crippen molar-refractivity contribution in [3.63, 3.8) is 0 Å². The van der Waals surface area contributed by atoms with Crippen LogP contribution in [0.2, 0.25) is 0 Å². The Morgan fingerprint density at radius 1 is 1.20 bits per heavy atom. The number of H-pyrrole nitrogens is 1. The number of aromatic amines is 1. The van der Waals surface area contributed by atoms with Gasteiger partial charge in [-0.15, -0.1) is 0 Å². The highest BCUT2D eigenvalue weighted by molar-refractivity contribution is 5.63. The van der Waals surface area contributed by atoms with Crippen LogP contribution in [-0.2, 0) is 0 Å². The summed E-state index contributed by atoms with van der Waals surface area (Å²) in [5.74, 6) is 0.313. The van der Waals surface area contributed by atoms with Gasteiger partial charge >= 0.3 is 0 Å². The Bertz CT molecular complexity index is 474. The smallest absolute Gasteiger partial charge is 0.120 e. The number of nitrogens with one attached hydrogen (secondary N) is 2. The van der Waals surface area contributed by atoms with E-state index in [-0.39, 0.29) is 0 Å². The third-order valence-corrected chi connectivity index (χ3v) is 2.44. The summed E-state index contributed by atoms with van der Waals surface area (Å²) in [5.41, 5.74) is 3.88. The first-order valence-corrected chi connectivity index (χ1v) is 4.87. The van der Waals surface area contributed by atoms with Gasteiger partial charge in [-0.25, -0.2) is 0 Å². The summed E-state index contributed by atoms with van der Waals surface area (Å²) < 4.78 is 0. The minimum absolute atomic E-state index is 0.313. The van der Waals surface area contributed by atoms with Crippen molar-refractivity contribution in [3.8, 4) is 5.75 Å². The Morgan fingerprint density at radius 2 is 2.00 bits per heavy atom. The fourth-order valence-corrected chi connectivity index (χ4v) is 1.43. The average molecular weight is 202 g/mol. The van der Waals surface area contributed by atoms with E-state index in [0.29, 0.717) is 5.75 Å². The minimum atomic E-state index is 0.313. The van der Waals surface area contributed by atoms with Crippen LogP contribution in [0.25, 0.3) is 0 Å². The van der Waals surface area contributed by atoms with E-state index in [0.717, 1.165) is 22.6 Å². The first-order valence-electron chi connectivity index (χ1n) is 4.87. The van der Waals surface area contributed by atoms with Crippen LogP contribution >= 0.6 is 0 Å². The molecule has 2 rings (SSSR count). The van der Waals surface area contributed by atoms with Gasteiger partial charge in [-0.3, -0.25) is 0 Å². The van der Waals surface area contributed by atoms with Gasteiger partial charge in [0.15, 0.2) is 0 Å². The molecule has 1 heterocycles. The number of anilines is 2. The molecule has 0 fully saturated rings. The largest absolute Gasteiger partial charge is 0.508 e. The molecule has 1 aromatic heterocycles. The fourth-order valence-electron chi connectivity index (χ4n) is 1.43. The highest BCUT2D eigenvalue weighted by Gasteiger charge is 2.01. The lowest BCUT2D eigenvalue weighted by atomic mass is 10.2. The van der Waals surface area contributed by atoms with Crippen molar-refractivity contribution < 1.29 is 5.11 Å². The highest BCUT2D eigenvalue weighted by atomic mass is 16.3. The zero-order valence-corrected chi connectivity index (χ0v) is 8.83. The predicted molar refractivity (Wildman–Crippen MR) is 61.7 cm³/mol. The second kappa shape index (κ2) is 3.69. The topological polar surface area (TPSA) is 48.0 Å². The van der Waals surface area contributed by atoms with Gasteiger partial charge in [0.05, 0.1) is 5.69 Å². The highest BCUT2D eigenvalue weighted by Crippen LogP contribution is 2.24. The standard InChI is InChI=1S/C12H14N2O/c1-8-3-4-10(7-12(8)15)14-11-5-6-13-9(11)2/h3-7,13-15H,1-2H3. The summed E-state index contributed by atoms with van der Waals surface area (Å²) in [7, 11) is 0. The number of benzene rings is 1. The Hall–Kier alpha value is -1.90. The van der Waals surface area contributed by atoms with Crippen LogP contribution in [-0.4, -0.2) is 10.1 Å². The molecule has 3 N–H and O–H groups in total. The molecule has 2 aromatic rings. The zero-order valence-electron chi connectivity index (χ0n) is 8.83. The number of aryl methyl sites for hydroxylation is 2. The molecular formula is C12H14N2O. The predicted octanol–water partition coefficient (Wildman–Crippen LogP) is 3.08. The maximum Gasteiger partial charge on any atom is 0.120 e. The Balaban J connectivity index is 2.25. The maximum atomic E-state index is 9.55. The maximum absolute atomic E-state index is 9.55. The van der Waals surface area contributed by atoms with Gasteiger partial charge < -0.3 is 15.4 Å². The fraction of sp³-hybridized carbons (Fsp3) is 0.167. The summed E-state index contributed by atoms with van der Waals surface area (Å²) in [6.45, 7) is 3.87. The van der Waals surface area contributed by atoms with E-state index < -0.39 is 0 Å². The van der Waals surface area contributed by atoms with E-state index in [1.165, 1.54) is 0 Å². The SMILES string of the molecule is Cc1ccc(Nc2cc[nH]c2C)cc1O. The van der Waals surface area contributed by atoms with E-state index in [1.54, 1.807) is 6.07 Å². The van der Waals surface area contributed by atoms with Crippen molar-refractivity contribution in [1.82, 2.24) is 4.98 Å².